The van der Waals surface area contributed by atoms with Crippen molar-refractivity contribution in [2.45, 2.75) is 25.4 Å². The van der Waals surface area contributed by atoms with Crippen molar-refractivity contribution >= 4 is 17.3 Å². The number of carbonyl (C=O) groups excluding carboxylic acids is 2. The van der Waals surface area contributed by atoms with Gasteiger partial charge in [0.1, 0.15) is 41.8 Å². The minimum atomic E-state index is -1.08. The van der Waals surface area contributed by atoms with Gasteiger partial charge in [0.2, 0.25) is 11.6 Å². The Morgan fingerprint density at radius 1 is 1.43 bits per heavy atom. The van der Waals surface area contributed by atoms with E-state index in [1.54, 1.807) is 35.9 Å². The highest BCUT2D eigenvalue weighted by Crippen LogP contribution is 2.28. The lowest BCUT2D eigenvalue weighted by Gasteiger charge is -2.28. The van der Waals surface area contributed by atoms with Crippen LogP contribution in [0.2, 0.25) is 0 Å². The number of benzene rings is 1. The van der Waals surface area contributed by atoms with Gasteiger partial charge in [-0.1, -0.05) is 6.07 Å². The summed E-state index contributed by atoms with van der Waals surface area (Å²) in [5.41, 5.74) is 0.952. The maximum absolute atomic E-state index is 12.9. The summed E-state index contributed by atoms with van der Waals surface area (Å²) in [5, 5.41) is 21.9. The summed E-state index contributed by atoms with van der Waals surface area (Å²) in [4.78, 5) is 29.9. The Morgan fingerprint density at radius 3 is 3.00 bits per heavy atom. The number of aliphatic hydroxyl groups excluding tert-OH is 2. The van der Waals surface area contributed by atoms with Gasteiger partial charge in [-0.15, -0.1) is 0 Å². The van der Waals surface area contributed by atoms with Gasteiger partial charge in [-0.2, -0.15) is 0 Å². The Labute approximate surface area is 160 Å². The molecule has 2 heterocycles. The molecule has 0 saturated heterocycles. The minimum absolute atomic E-state index is 0.0356. The predicted octanol–water partition coefficient (Wildman–Crippen LogP) is 0.519. The first-order chi connectivity index (χ1) is 13.5. The molecule has 0 amide bonds. The van der Waals surface area contributed by atoms with Crippen LogP contribution in [-0.4, -0.2) is 57.3 Å². The summed E-state index contributed by atoms with van der Waals surface area (Å²) in [6.07, 6.45) is -0.521. The standard InChI is InChI=1S/C19H19N3O6/c1-27-11-4-2-3-10(5-11)20-12-6-13(24)18-17(19(12)26)21-16-9-28-15(7-22(16)18)14(25)8-23/h2-6,14-15,20,23,25H,7-9H2,1H3/t14-,15+/m1/s1. The van der Waals surface area contributed by atoms with Crippen molar-refractivity contribution in [1.82, 2.24) is 9.55 Å². The zero-order valence-electron chi connectivity index (χ0n) is 15.1. The van der Waals surface area contributed by atoms with Gasteiger partial charge in [0.25, 0.3) is 0 Å². The van der Waals surface area contributed by atoms with Crippen LogP contribution in [0.15, 0.2) is 36.0 Å². The number of hydrogen-bond acceptors (Lipinski definition) is 8. The number of aromatic nitrogens is 2. The summed E-state index contributed by atoms with van der Waals surface area (Å²) in [5.74, 6) is 0.282. The van der Waals surface area contributed by atoms with Crippen molar-refractivity contribution in [1.29, 1.82) is 0 Å². The highest BCUT2D eigenvalue weighted by Gasteiger charge is 2.36. The quantitative estimate of drug-likeness (QED) is 0.681. The van der Waals surface area contributed by atoms with Crippen LogP contribution in [0.5, 0.6) is 5.75 Å². The molecule has 0 saturated carbocycles. The lowest BCUT2D eigenvalue weighted by Crippen LogP contribution is -2.40. The third-order valence-corrected chi connectivity index (χ3v) is 4.77. The number of ketones is 2. The Morgan fingerprint density at radius 2 is 2.25 bits per heavy atom. The predicted molar refractivity (Wildman–Crippen MR) is 97.3 cm³/mol. The number of carbonyl (C=O) groups is 2. The SMILES string of the molecule is COc1cccc(NC2=CC(=O)c3c(nc4n3C[C@@H]([C@H](O)CO)OC4)C2=O)c1. The topological polar surface area (TPSA) is 123 Å². The molecule has 146 valence electrons. The van der Waals surface area contributed by atoms with E-state index in [9.17, 15) is 14.7 Å². The van der Waals surface area contributed by atoms with Crippen LogP contribution < -0.4 is 10.1 Å². The number of rotatable bonds is 5. The fourth-order valence-corrected chi connectivity index (χ4v) is 3.32. The zero-order chi connectivity index (χ0) is 19.8. The smallest absolute Gasteiger partial charge is 0.230 e. The van der Waals surface area contributed by atoms with Crippen LogP contribution in [0.3, 0.4) is 0 Å². The van der Waals surface area contributed by atoms with Gasteiger partial charge in [-0.3, -0.25) is 9.59 Å². The Bertz CT molecular complexity index is 980. The van der Waals surface area contributed by atoms with Crippen molar-refractivity contribution in [2.75, 3.05) is 19.0 Å². The van der Waals surface area contributed by atoms with E-state index in [1.807, 2.05) is 0 Å². The second-order valence-corrected chi connectivity index (χ2v) is 6.54. The molecule has 4 rings (SSSR count). The van der Waals surface area contributed by atoms with E-state index >= 15 is 0 Å². The molecule has 1 aliphatic carbocycles. The molecule has 0 unspecified atom stereocenters. The van der Waals surface area contributed by atoms with E-state index in [-0.39, 0.29) is 36.0 Å². The number of ether oxygens (including phenoxy) is 2. The van der Waals surface area contributed by atoms with Gasteiger partial charge in [-0.05, 0) is 12.1 Å². The van der Waals surface area contributed by atoms with Crippen LogP contribution in [0.25, 0.3) is 0 Å². The van der Waals surface area contributed by atoms with E-state index < -0.39 is 24.6 Å². The van der Waals surface area contributed by atoms with Gasteiger partial charge < -0.3 is 29.6 Å². The number of allylic oxidation sites excluding steroid dienone is 2. The number of anilines is 1. The maximum Gasteiger partial charge on any atom is 0.230 e. The van der Waals surface area contributed by atoms with Crippen LogP contribution in [-0.2, 0) is 17.9 Å². The third-order valence-electron chi connectivity index (χ3n) is 4.77. The van der Waals surface area contributed by atoms with Crippen molar-refractivity contribution in [3.8, 4) is 5.75 Å². The van der Waals surface area contributed by atoms with Gasteiger partial charge in [-0.25, -0.2) is 4.98 Å². The summed E-state index contributed by atoms with van der Waals surface area (Å²) >= 11 is 0. The van der Waals surface area contributed by atoms with Crippen LogP contribution >= 0.6 is 0 Å². The molecule has 0 spiro atoms. The highest BCUT2D eigenvalue weighted by molar-refractivity contribution is 6.24. The van der Waals surface area contributed by atoms with Gasteiger partial charge in [0.15, 0.2) is 0 Å². The molecular weight excluding hydrogens is 366 g/mol. The molecule has 0 radical (unpaired) electrons. The number of fused-ring (bicyclic) bond motifs is 3. The zero-order valence-corrected chi connectivity index (χ0v) is 15.1. The fourth-order valence-electron chi connectivity index (χ4n) is 3.32. The molecule has 9 nitrogen and oxygen atoms in total. The number of methoxy groups -OCH3 is 1. The molecule has 1 aromatic heterocycles. The summed E-state index contributed by atoms with van der Waals surface area (Å²) in [7, 11) is 1.54. The van der Waals surface area contributed by atoms with E-state index in [2.05, 4.69) is 10.3 Å². The molecule has 2 aliphatic rings. The largest absolute Gasteiger partial charge is 0.497 e. The first-order valence-electron chi connectivity index (χ1n) is 8.73. The second-order valence-electron chi connectivity index (χ2n) is 6.54. The number of nitrogens with one attached hydrogen (secondary N) is 1. The van der Waals surface area contributed by atoms with Gasteiger partial charge in [0, 0.05) is 17.8 Å². The third kappa shape index (κ3) is 3.09. The highest BCUT2D eigenvalue weighted by atomic mass is 16.5. The number of nitrogens with zero attached hydrogens (tertiary/aromatic N) is 2. The number of imidazole rings is 1. The summed E-state index contributed by atoms with van der Waals surface area (Å²) in [6.45, 7) is -0.295. The monoisotopic (exact) mass is 385 g/mol. The summed E-state index contributed by atoms with van der Waals surface area (Å²) in [6, 6.07) is 7.00. The second kappa shape index (κ2) is 7.19. The van der Waals surface area contributed by atoms with Crippen molar-refractivity contribution in [3.05, 3.63) is 53.3 Å². The van der Waals surface area contributed by atoms with Crippen molar-refractivity contribution in [2.24, 2.45) is 0 Å². The Kier molecular flexibility index (Phi) is 4.71. The molecular formula is C19H19N3O6. The van der Waals surface area contributed by atoms with E-state index in [4.69, 9.17) is 14.6 Å². The van der Waals surface area contributed by atoms with Crippen LogP contribution in [0.1, 0.15) is 26.8 Å². The molecule has 0 fully saturated rings. The molecule has 1 aliphatic heterocycles. The Hall–Kier alpha value is -3.01. The normalized spacial score (nSPS) is 19.5. The van der Waals surface area contributed by atoms with Gasteiger partial charge in [0.05, 0.1) is 26.0 Å². The molecule has 3 N–H and O–H groups in total. The van der Waals surface area contributed by atoms with Crippen molar-refractivity contribution in [3.63, 3.8) is 0 Å². The summed E-state index contributed by atoms with van der Waals surface area (Å²) < 4.78 is 12.2. The van der Waals surface area contributed by atoms with Gasteiger partial charge >= 0.3 is 0 Å². The fraction of sp³-hybridized carbons (Fsp3) is 0.316. The molecule has 2 aromatic rings. The molecule has 0 bridgehead atoms. The number of aliphatic hydroxyl groups is 2. The van der Waals surface area contributed by atoms with Crippen molar-refractivity contribution < 1.29 is 29.3 Å². The lowest BCUT2D eigenvalue weighted by atomic mass is 10.0. The van der Waals surface area contributed by atoms with E-state index in [0.717, 1.165) is 0 Å². The molecule has 1 aromatic carbocycles. The van der Waals surface area contributed by atoms with Crippen LogP contribution in [0.4, 0.5) is 5.69 Å². The maximum atomic E-state index is 12.9. The van der Waals surface area contributed by atoms with E-state index in [0.29, 0.717) is 17.3 Å². The first-order valence-corrected chi connectivity index (χ1v) is 8.73. The lowest BCUT2D eigenvalue weighted by molar-refractivity contribution is -0.0873. The number of hydrogen-bond donors (Lipinski definition) is 3. The average Bonchev–Trinajstić information content (AvgIpc) is 3.11. The van der Waals surface area contributed by atoms with Crippen LogP contribution in [0, 0.1) is 0 Å². The first kappa shape index (κ1) is 18.4. The number of Topliss-reactive ketones (excluding diaryl/α,β-unsaturated/α-hetero) is 1. The van der Waals surface area contributed by atoms with E-state index in [1.165, 1.54) is 6.08 Å². The Balaban J connectivity index is 1.63. The molecule has 2 atom stereocenters. The average molecular weight is 385 g/mol. The minimum Gasteiger partial charge on any atom is -0.497 e. The molecule has 9 heteroatoms. The molecule has 28 heavy (non-hydrogen) atoms.